The molecule has 132 valence electrons. The van der Waals surface area contributed by atoms with E-state index in [9.17, 15) is 24.8 Å². The molecule has 1 unspecified atom stereocenters. The Morgan fingerprint density at radius 3 is 2.40 bits per heavy atom. The van der Waals surface area contributed by atoms with Crippen LogP contribution in [-0.4, -0.2) is 21.0 Å². The Morgan fingerprint density at radius 2 is 1.84 bits per heavy atom. The first-order valence-corrected chi connectivity index (χ1v) is 9.88. The van der Waals surface area contributed by atoms with E-state index in [0.29, 0.717) is 0 Å². The number of aromatic nitrogens is 1. The Hall–Kier alpha value is -2.22. The van der Waals surface area contributed by atoms with Crippen molar-refractivity contribution >= 4 is 46.0 Å². The van der Waals surface area contributed by atoms with Gasteiger partial charge in [0, 0.05) is 18.3 Å². The number of pyridine rings is 1. The van der Waals surface area contributed by atoms with Crippen molar-refractivity contribution in [1.82, 2.24) is 4.98 Å². The molecule has 0 bridgehead atoms. The van der Waals surface area contributed by atoms with Gasteiger partial charge >= 0.3 is 5.69 Å². The van der Waals surface area contributed by atoms with E-state index in [1.807, 2.05) is 0 Å². The Labute approximate surface area is 151 Å². The van der Waals surface area contributed by atoms with Crippen molar-refractivity contribution in [1.29, 1.82) is 0 Å². The number of ether oxygens (including phenoxy) is 1. The minimum atomic E-state index is -3.51. The van der Waals surface area contributed by atoms with E-state index >= 15 is 0 Å². The Morgan fingerprint density at radius 1 is 1.20 bits per heavy atom. The molecular weight excluding hydrogens is 396 g/mol. The molecule has 2 aromatic rings. The van der Waals surface area contributed by atoms with Gasteiger partial charge in [-0.05, 0) is 23.4 Å². The van der Waals surface area contributed by atoms with Crippen LogP contribution in [0.2, 0.25) is 5.02 Å². The zero-order valence-electron chi connectivity index (χ0n) is 12.6. The summed E-state index contributed by atoms with van der Waals surface area (Å²) in [5.41, 5.74) is -0.914. The normalized spacial score (nSPS) is 13.1. The van der Waals surface area contributed by atoms with Crippen LogP contribution < -0.4 is 10.0 Å². The molecule has 1 aromatic carbocycles. The lowest BCUT2D eigenvalue weighted by molar-refractivity contribution is -0.386. The average molecular weight is 406 g/mol. The van der Waals surface area contributed by atoms with Crippen molar-refractivity contribution < 1.29 is 19.1 Å². The van der Waals surface area contributed by atoms with Gasteiger partial charge in [-0.3, -0.25) is 20.2 Å². The van der Waals surface area contributed by atoms with Crippen molar-refractivity contribution in [3.05, 3.63) is 55.7 Å². The summed E-state index contributed by atoms with van der Waals surface area (Å²) in [6, 6.07) is 4.44. The molecule has 1 aromatic heterocycles. The number of hydrogen-bond donors (Lipinski definition) is 0. The summed E-state index contributed by atoms with van der Waals surface area (Å²) in [4.78, 5) is 24.4. The second-order valence-electron chi connectivity index (χ2n) is 4.71. The fourth-order valence-corrected chi connectivity index (χ4v) is 3.61. The van der Waals surface area contributed by atoms with Crippen LogP contribution in [0.5, 0.6) is 11.6 Å². The lowest BCUT2D eigenvalue weighted by atomic mass is 10.3. The van der Waals surface area contributed by atoms with Crippen LogP contribution in [0, 0.1) is 20.2 Å². The van der Waals surface area contributed by atoms with Gasteiger partial charge in [0.1, 0.15) is 11.1 Å². The van der Waals surface area contributed by atoms with Crippen LogP contribution in [0.3, 0.4) is 0 Å². The fraction of sp³-hybridized carbons (Fsp3) is 0.154. The number of nitro benzene ring substituents is 1. The zero-order valence-corrected chi connectivity index (χ0v) is 15.0. The van der Waals surface area contributed by atoms with E-state index in [4.69, 9.17) is 27.6 Å². The van der Waals surface area contributed by atoms with Crippen molar-refractivity contribution in [2.45, 2.75) is 6.92 Å². The van der Waals surface area contributed by atoms with Gasteiger partial charge in [0.05, 0.1) is 21.1 Å². The van der Waals surface area contributed by atoms with E-state index in [-0.39, 0.29) is 28.1 Å². The molecule has 0 aliphatic carbocycles. The molecule has 0 aliphatic rings. The molecule has 0 radical (unpaired) electrons. The number of nitrogens with zero attached hydrogens (tertiary/aromatic N) is 3. The molecule has 25 heavy (non-hydrogen) atoms. The summed E-state index contributed by atoms with van der Waals surface area (Å²) in [5, 5.41) is 22.0. The largest absolute Gasteiger partial charge is 0.434 e. The third-order valence-corrected chi connectivity index (χ3v) is 6.48. The molecule has 0 amide bonds. The third kappa shape index (κ3) is 4.25. The first-order chi connectivity index (χ1) is 11.7. The van der Waals surface area contributed by atoms with Crippen LogP contribution in [-0.2, 0) is 4.57 Å². The molecule has 1 heterocycles. The SMILES string of the molecule is CCP(=O)(Cl)c1cc(Oc2ncc(Cl)cc2[N+](=O)[O-])ccc1[N+](=O)[O-]. The second kappa shape index (κ2) is 7.35. The monoisotopic (exact) mass is 405 g/mol. The topological polar surface area (TPSA) is 125 Å². The smallest absolute Gasteiger partial charge is 0.332 e. The summed E-state index contributed by atoms with van der Waals surface area (Å²) >= 11 is 11.6. The van der Waals surface area contributed by atoms with Crippen molar-refractivity contribution in [2.75, 3.05) is 6.16 Å². The molecular formula is C13H10Cl2N3O6P. The molecule has 12 heteroatoms. The molecule has 0 fully saturated rings. The highest BCUT2D eigenvalue weighted by molar-refractivity contribution is 7.95. The molecule has 0 N–H and O–H groups in total. The minimum Gasteiger partial charge on any atom is -0.434 e. The quantitative estimate of drug-likeness (QED) is 0.393. The lowest BCUT2D eigenvalue weighted by Crippen LogP contribution is -2.10. The van der Waals surface area contributed by atoms with Gasteiger partial charge < -0.3 is 9.30 Å². The van der Waals surface area contributed by atoms with Crippen LogP contribution in [0.1, 0.15) is 6.92 Å². The van der Waals surface area contributed by atoms with Gasteiger partial charge in [-0.2, -0.15) is 0 Å². The van der Waals surface area contributed by atoms with Gasteiger partial charge in [0.2, 0.25) is 6.49 Å². The zero-order chi connectivity index (χ0) is 18.8. The molecule has 0 aliphatic heterocycles. The van der Waals surface area contributed by atoms with E-state index < -0.39 is 27.7 Å². The van der Waals surface area contributed by atoms with Gasteiger partial charge in [-0.1, -0.05) is 18.5 Å². The molecule has 0 spiro atoms. The minimum absolute atomic E-state index is 0.0157. The first-order valence-electron chi connectivity index (χ1n) is 6.71. The van der Waals surface area contributed by atoms with Crippen molar-refractivity contribution in [2.24, 2.45) is 0 Å². The number of hydrogen-bond acceptors (Lipinski definition) is 7. The number of halogens is 2. The van der Waals surface area contributed by atoms with Gasteiger partial charge in [0.25, 0.3) is 11.6 Å². The first kappa shape index (κ1) is 19.1. The molecule has 2 rings (SSSR count). The Kier molecular flexibility index (Phi) is 5.62. The highest BCUT2D eigenvalue weighted by atomic mass is 35.7. The van der Waals surface area contributed by atoms with E-state index in [0.717, 1.165) is 24.4 Å². The second-order valence-corrected chi connectivity index (χ2v) is 9.20. The fourth-order valence-electron chi connectivity index (χ4n) is 1.90. The molecule has 1 atom stereocenters. The molecule has 0 saturated carbocycles. The van der Waals surface area contributed by atoms with Crippen LogP contribution in [0.4, 0.5) is 11.4 Å². The van der Waals surface area contributed by atoms with Gasteiger partial charge in [-0.15, -0.1) is 0 Å². The highest BCUT2D eigenvalue weighted by Crippen LogP contribution is 2.52. The summed E-state index contributed by atoms with van der Waals surface area (Å²) in [6.07, 6.45) is 1.13. The molecule has 0 saturated heterocycles. The van der Waals surface area contributed by atoms with Gasteiger partial charge in [-0.25, -0.2) is 4.98 Å². The van der Waals surface area contributed by atoms with E-state index in [1.165, 1.54) is 13.0 Å². The van der Waals surface area contributed by atoms with Crippen LogP contribution in [0.15, 0.2) is 30.5 Å². The number of rotatable bonds is 6. The average Bonchev–Trinajstić information content (AvgIpc) is 2.56. The maximum Gasteiger partial charge on any atom is 0.332 e. The van der Waals surface area contributed by atoms with Crippen molar-refractivity contribution in [3.8, 4) is 11.6 Å². The van der Waals surface area contributed by atoms with Crippen LogP contribution in [0.25, 0.3) is 0 Å². The standard InChI is InChI=1S/C13H10Cl2N3O6P/c1-2-25(15,23)12-6-9(3-4-10(12)17(19)20)24-13-11(18(21)22)5-8(14)7-16-13/h3-7H,2H2,1H3. The van der Waals surface area contributed by atoms with Crippen molar-refractivity contribution in [3.63, 3.8) is 0 Å². The summed E-state index contributed by atoms with van der Waals surface area (Å²) < 4.78 is 17.7. The number of nitro groups is 2. The third-order valence-electron chi connectivity index (χ3n) is 3.12. The van der Waals surface area contributed by atoms with E-state index in [1.54, 1.807) is 0 Å². The van der Waals surface area contributed by atoms with E-state index in [2.05, 4.69) is 4.98 Å². The highest BCUT2D eigenvalue weighted by Gasteiger charge is 2.30. The number of benzene rings is 1. The summed E-state index contributed by atoms with van der Waals surface area (Å²) in [7, 11) is 0. The molecule has 9 nitrogen and oxygen atoms in total. The van der Waals surface area contributed by atoms with Crippen LogP contribution >= 0.6 is 29.3 Å². The maximum absolute atomic E-state index is 12.4. The predicted molar refractivity (Wildman–Crippen MR) is 92.7 cm³/mol. The summed E-state index contributed by atoms with van der Waals surface area (Å²) in [6.45, 7) is -1.99. The lowest BCUT2D eigenvalue weighted by Gasteiger charge is -2.11. The Bertz CT molecular complexity index is 907. The predicted octanol–water partition coefficient (Wildman–Crippen LogP) is 4.51. The summed E-state index contributed by atoms with van der Waals surface area (Å²) in [5.74, 6) is -0.400. The Balaban J connectivity index is 2.52. The van der Waals surface area contributed by atoms with Gasteiger partial charge in [0.15, 0.2) is 0 Å². The maximum atomic E-state index is 12.4.